The maximum absolute atomic E-state index is 9.85. The molecule has 1 aliphatic heterocycles. The fraction of sp³-hybridized carbons (Fsp3) is 1.00. The lowest BCUT2D eigenvalue weighted by Crippen LogP contribution is -2.59. The van der Waals surface area contributed by atoms with Gasteiger partial charge in [0.1, 0.15) is 24.4 Å². The Balaban J connectivity index is 2.70. The van der Waals surface area contributed by atoms with E-state index in [0.717, 1.165) is 0 Å². The summed E-state index contributed by atoms with van der Waals surface area (Å²) in [5.41, 5.74) is 0. The Hall–Kier alpha value is -0.240. The third-order valence-corrected chi connectivity index (χ3v) is 2.51. The predicted molar refractivity (Wildman–Crippen MR) is 50.4 cm³/mol. The Morgan fingerprint density at radius 1 is 1.07 bits per heavy atom. The average molecular weight is 222 g/mol. The molecule has 6 heteroatoms. The van der Waals surface area contributed by atoms with Crippen LogP contribution in [0.1, 0.15) is 0 Å². The zero-order valence-corrected chi connectivity index (χ0v) is 9.12. The van der Waals surface area contributed by atoms with Crippen LogP contribution >= 0.6 is 0 Å². The van der Waals surface area contributed by atoms with Gasteiger partial charge in [-0.1, -0.05) is 0 Å². The van der Waals surface area contributed by atoms with Crippen LogP contribution in [0.3, 0.4) is 0 Å². The van der Waals surface area contributed by atoms with E-state index in [1.165, 1.54) is 21.3 Å². The topological polar surface area (TPSA) is 77.4 Å². The van der Waals surface area contributed by atoms with Crippen molar-refractivity contribution in [2.45, 2.75) is 30.7 Å². The van der Waals surface area contributed by atoms with Crippen molar-refractivity contribution >= 4 is 0 Å². The Morgan fingerprint density at radius 2 is 1.67 bits per heavy atom. The molecule has 0 aromatic rings. The molecule has 1 heterocycles. The highest BCUT2D eigenvalue weighted by Crippen LogP contribution is 2.23. The van der Waals surface area contributed by atoms with Crippen LogP contribution in [-0.2, 0) is 18.9 Å². The molecule has 0 bridgehead atoms. The number of hydrogen-bond donors (Lipinski definition) is 2. The highest BCUT2D eigenvalue weighted by atomic mass is 16.7. The van der Waals surface area contributed by atoms with Crippen molar-refractivity contribution in [3.8, 4) is 0 Å². The molecule has 90 valence electrons. The third kappa shape index (κ3) is 2.66. The summed E-state index contributed by atoms with van der Waals surface area (Å²) in [5, 5.41) is 19.4. The quantitative estimate of drug-likeness (QED) is 0.618. The van der Waals surface area contributed by atoms with Crippen molar-refractivity contribution in [1.29, 1.82) is 0 Å². The van der Waals surface area contributed by atoms with E-state index >= 15 is 0 Å². The van der Waals surface area contributed by atoms with Crippen LogP contribution in [0.2, 0.25) is 0 Å². The largest absolute Gasteiger partial charge is 0.387 e. The first kappa shape index (κ1) is 12.8. The molecule has 2 N–H and O–H groups in total. The molecule has 0 aromatic heterocycles. The minimum Gasteiger partial charge on any atom is -0.387 e. The molecular weight excluding hydrogens is 204 g/mol. The molecule has 1 rings (SSSR count). The van der Waals surface area contributed by atoms with Crippen LogP contribution < -0.4 is 0 Å². The molecule has 1 aliphatic rings. The molecule has 0 saturated carbocycles. The maximum atomic E-state index is 9.85. The number of hydrogen-bond acceptors (Lipinski definition) is 6. The first-order valence-corrected chi connectivity index (χ1v) is 4.71. The lowest BCUT2D eigenvalue weighted by atomic mass is 9.99. The fourth-order valence-corrected chi connectivity index (χ4v) is 1.75. The number of ether oxygens (including phenoxy) is 4. The number of aliphatic hydroxyl groups is 2. The molecule has 6 nitrogen and oxygen atoms in total. The van der Waals surface area contributed by atoms with Crippen molar-refractivity contribution in [1.82, 2.24) is 0 Å². The first-order valence-electron chi connectivity index (χ1n) is 4.71. The van der Waals surface area contributed by atoms with Crippen molar-refractivity contribution in [3.05, 3.63) is 0 Å². The highest BCUT2D eigenvalue weighted by molar-refractivity contribution is 4.90. The minimum atomic E-state index is -1.17. The van der Waals surface area contributed by atoms with Gasteiger partial charge in [-0.05, 0) is 0 Å². The number of rotatable bonds is 4. The van der Waals surface area contributed by atoms with Crippen LogP contribution in [-0.4, -0.2) is 68.9 Å². The van der Waals surface area contributed by atoms with Gasteiger partial charge in [0.15, 0.2) is 6.29 Å². The third-order valence-electron chi connectivity index (χ3n) is 2.51. The normalized spacial score (nSPS) is 41.8. The predicted octanol–water partition coefficient (Wildman–Crippen LogP) is -1.26. The molecule has 1 saturated heterocycles. The second-order valence-electron chi connectivity index (χ2n) is 3.41. The molecule has 15 heavy (non-hydrogen) atoms. The SMILES string of the molecule is COC[C@H]1O[C@H](O)[C@H](OC)[C@@H](O)[C@H]1OC. The summed E-state index contributed by atoms with van der Waals surface area (Å²) < 4.78 is 20.2. The average Bonchev–Trinajstić information content (AvgIpc) is 2.19. The molecule has 0 aromatic carbocycles. The number of aliphatic hydroxyl groups excluding tert-OH is 2. The van der Waals surface area contributed by atoms with Gasteiger partial charge in [-0.2, -0.15) is 0 Å². The lowest BCUT2D eigenvalue weighted by Gasteiger charge is -2.41. The Morgan fingerprint density at radius 3 is 2.13 bits per heavy atom. The molecule has 0 aliphatic carbocycles. The van der Waals surface area contributed by atoms with Gasteiger partial charge in [-0.25, -0.2) is 0 Å². The fourth-order valence-electron chi connectivity index (χ4n) is 1.75. The summed E-state index contributed by atoms with van der Waals surface area (Å²) in [4.78, 5) is 0. The molecular formula is C9H18O6. The van der Waals surface area contributed by atoms with Crippen LogP contribution in [0, 0.1) is 0 Å². The van der Waals surface area contributed by atoms with E-state index in [2.05, 4.69) is 0 Å². The molecule has 0 unspecified atom stereocenters. The van der Waals surface area contributed by atoms with Gasteiger partial charge in [0, 0.05) is 21.3 Å². The first-order chi connectivity index (χ1) is 7.15. The van der Waals surface area contributed by atoms with Gasteiger partial charge >= 0.3 is 0 Å². The van der Waals surface area contributed by atoms with E-state index in [9.17, 15) is 10.2 Å². The Labute approximate surface area is 88.7 Å². The highest BCUT2D eigenvalue weighted by Gasteiger charge is 2.45. The van der Waals surface area contributed by atoms with E-state index < -0.39 is 30.7 Å². The van der Waals surface area contributed by atoms with Gasteiger partial charge < -0.3 is 29.2 Å². The second-order valence-corrected chi connectivity index (χ2v) is 3.41. The maximum Gasteiger partial charge on any atom is 0.184 e. The van der Waals surface area contributed by atoms with E-state index in [1.807, 2.05) is 0 Å². The number of methoxy groups -OCH3 is 3. The van der Waals surface area contributed by atoms with Gasteiger partial charge in [0.2, 0.25) is 0 Å². The van der Waals surface area contributed by atoms with Gasteiger partial charge in [-0.3, -0.25) is 0 Å². The van der Waals surface area contributed by atoms with Crippen molar-refractivity contribution in [3.63, 3.8) is 0 Å². The Bertz CT molecular complexity index is 185. The Kier molecular flexibility index (Phi) is 4.91. The van der Waals surface area contributed by atoms with Crippen LogP contribution in [0.4, 0.5) is 0 Å². The minimum absolute atomic E-state index is 0.239. The summed E-state index contributed by atoms with van der Waals surface area (Å²) in [6.07, 6.45) is -3.99. The molecule has 0 spiro atoms. The van der Waals surface area contributed by atoms with Crippen molar-refractivity contribution < 1.29 is 29.2 Å². The zero-order chi connectivity index (χ0) is 11.4. The van der Waals surface area contributed by atoms with Crippen LogP contribution in [0.25, 0.3) is 0 Å². The summed E-state index contributed by atoms with van der Waals surface area (Å²) in [7, 11) is 4.37. The smallest absolute Gasteiger partial charge is 0.184 e. The van der Waals surface area contributed by atoms with E-state index in [-0.39, 0.29) is 6.61 Å². The summed E-state index contributed by atoms with van der Waals surface area (Å²) in [6, 6.07) is 0. The van der Waals surface area contributed by atoms with Crippen molar-refractivity contribution in [2.24, 2.45) is 0 Å². The standard InChI is InChI=1S/C9H18O6/c1-12-4-5-7(13-2)6(10)8(14-3)9(11)15-5/h5-11H,4H2,1-3H3/t5-,6+,7+,8-,9+/m1/s1. The second kappa shape index (κ2) is 5.74. The summed E-state index contributed by atoms with van der Waals surface area (Å²) in [6.45, 7) is 0.239. The van der Waals surface area contributed by atoms with E-state index in [0.29, 0.717) is 0 Å². The van der Waals surface area contributed by atoms with Gasteiger partial charge in [0.05, 0.1) is 6.61 Å². The summed E-state index contributed by atoms with van der Waals surface area (Å²) in [5.74, 6) is 0. The van der Waals surface area contributed by atoms with Crippen LogP contribution in [0.15, 0.2) is 0 Å². The van der Waals surface area contributed by atoms with Crippen molar-refractivity contribution in [2.75, 3.05) is 27.9 Å². The lowest BCUT2D eigenvalue weighted by molar-refractivity contribution is -0.296. The molecule has 5 atom stereocenters. The van der Waals surface area contributed by atoms with Gasteiger partial charge in [-0.15, -0.1) is 0 Å². The molecule has 0 radical (unpaired) electrons. The summed E-state index contributed by atoms with van der Waals surface area (Å²) >= 11 is 0. The van der Waals surface area contributed by atoms with E-state index in [1.54, 1.807) is 0 Å². The monoisotopic (exact) mass is 222 g/mol. The molecule has 0 amide bonds. The van der Waals surface area contributed by atoms with Crippen LogP contribution in [0.5, 0.6) is 0 Å². The van der Waals surface area contributed by atoms with Gasteiger partial charge in [0.25, 0.3) is 0 Å². The zero-order valence-electron chi connectivity index (χ0n) is 9.12. The van der Waals surface area contributed by atoms with E-state index in [4.69, 9.17) is 18.9 Å². The molecule has 1 fully saturated rings.